The minimum absolute atomic E-state index is 0. The van der Waals surface area contributed by atoms with E-state index in [9.17, 15) is 0 Å². The Morgan fingerprint density at radius 3 is 1.27 bits per heavy atom. The van der Waals surface area contributed by atoms with Gasteiger partial charge in [0.25, 0.3) is 0 Å². The maximum atomic E-state index is 7.11. The van der Waals surface area contributed by atoms with E-state index in [-0.39, 0.29) is 17.1 Å². The van der Waals surface area contributed by atoms with Crippen molar-refractivity contribution >= 4 is 18.5 Å². The first-order chi connectivity index (χ1) is 22.4. The molecule has 9 heteroatoms. The van der Waals surface area contributed by atoms with Gasteiger partial charge in [0.2, 0.25) is 0 Å². The molecule has 0 spiro atoms. The summed E-state index contributed by atoms with van der Waals surface area (Å²) in [5.74, 6) is -2.84. The third-order valence-corrected chi connectivity index (χ3v) is 14.2. The van der Waals surface area contributed by atoms with Crippen LogP contribution in [0.3, 0.4) is 0 Å². The molecule has 1 aromatic carbocycles. The summed E-state index contributed by atoms with van der Waals surface area (Å²) in [6, 6.07) is 10.0. The predicted octanol–water partition coefficient (Wildman–Crippen LogP) is 8.25. The molecule has 0 saturated carbocycles. The molecule has 8 heterocycles. The molecule has 0 aromatic heterocycles. The second-order valence-corrected chi connectivity index (χ2v) is 17.7. The normalized spacial score (nSPS) is 51.2. The molecule has 8 fully saturated rings. The summed E-state index contributed by atoms with van der Waals surface area (Å²) in [5.41, 5.74) is 1.79. The largest absolute Gasteiger partial charge is 2.00 e. The Morgan fingerprint density at radius 1 is 0.592 bits per heavy atom. The molecule has 0 radical (unpaired) electrons. The third-order valence-electron chi connectivity index (χ3n) is 13.0. The summed E-state index contributed by atoms with van der Waals surface area (Å²) in [6.45, 7) is 17.5. The molecular formula is C40H52FeO6P2. The summed E-state index contributed by atoms with van der Waals surface area (Å²) in [4.78, 5) is 0. The first-order valence-electron chi connectivity index (χ1n) is 17.5. The Labute approximate surface area is 308 Å². The van der Waals surface area contributed by atoms with Crippen LogP contribution in [0.15, 0.2) is 89.1 Å². The van der Waals surface area contributed by atoms with E-state index < -0.39 is 56.4 Å². The van der Waals surface area contributed by atoms with Gasteiger partial charge in [-0.2, -0.15) is 18.2 Å². The van der Waals surface area contributed by atoms with Crippen molar-refractivity contribution in [2.75, 3.05) is 12.3 Å². The van der Waals surface area contributed by atoms with Crippen molar-refractivity contribution < 1.29 is 45.5 Å². The maximum Gasteiger partial charge on any atom is 2.00 e. The van der Waals surface area contributed by atoms with E-state index in [4.69, 9.17) is 28.4 Å². The van der Waals surface area contributed by atoms with Crippen molar-refractivity contribution in [3.8, 4) is 0 Å². The quantitative estimate of drug-likeness (QED) is 0.176. The van der Waals surface area contributed by atoms with Gasteiger partial charge in [0.1, 0.15) is 0 Å². The molecule has 8 saturated heterocycles. The molecule has 0 amide bonds. The zero-order chi connectivity index (χ0) is 34.3. The fourth-order valence-electron chi connectivity index (χ4n) is 12.4. The van der Waals surface area contributed by atoms with Gasteiger partial charge >= 0.3 is 17.1 Å². The number of hydrogen-bond donors (Lipinski definition) is 0. The summed E-state index contributed by atoms with van der Waals surface area (Å²) in [6.07, 6.45) is 19.7. The van der Waals surface area contributed by atoms with Crippen molar-refractivity contribution in [1.82, 2.24) is 0 Å². The van der Waals surface area contributed by atoms with Crippen molar-refractivity contribution in [2.45, 2.75) is 127 Å². The van der Waals surface area contributed by atoms with Crippen LogP contribution in [0.25, 0.3) is 0 Å². The van der Waals surface area contributed by atoms with E-state index in [1.54, 1.807) is 0 Å². The van der Waals surface area contributed by atoms with E-state index in [1.165, 1.54) is 22.3 Å². The first-order valence-corrected chi connectivity index (χ1v) is 19.2. The molecule has 49 heavy (non-hydrogen) atoms. The Hall–Kier alpha value is -0.941. The molecule has 8 aliphatic heterocycles. The van der Waals surface area contributed by atoms with Crippen molar-refractivity contribution in [2.24, 2.45) is 10.8 Å². The summed E-state index contributed by atoms with van der Waals surface area (Å²) in [7, 11) is 6.21. The minimum Gasteiger partial charge on any atom is -0.343 e. The Bertz CT molecular complexity index is 1490. The second kappa shape index (κ2) is 11.0. The molecule has 6 nitrogen and oxygen atoms in total. The molecule has 11 rings (SSSR count). The molecule has 10 unspecified atom stereocenters. The van der Waals surface area contributed by atoms with Crippen LogP contribution < -0.4 is 0 Å². The van der Waals surface area contributed by atoms with Gasteiger partial charge in [-0.1, -0.05) is 17.7 Å². The number of rotatable bonds is 4. The maximum absolute atomic E-state index is 7.11. The van der Waals surface area contributed by atoms with Crippen LogP contribution in [-0.4, -0.2) is 57.9 Å². The van der Waals surface area contributed by atoms with Gasteiger partial charge in [0.15, 0.2) is 23.1 Å². The molecule has 2 aliphatic carbocycles. The van der Waals surface area contributed by atoms with Gasteiger partial charge in [-0.15, -0.1) is 54.8 Å². The van der Waals surface area contributed by atoms with Crippen LogP contribution in [0.2, 0.25) is 0 Å². The van der Waals surface area contributed by atoms with Gasteiger partial charge in [-0.3, -0.25) is 0 Å². The van der Waals surface area contributed by atoms with E-state index in [1.807, 2.05) is 30.3 Å². The van der Waals surface area contributed by atoms with Crippen molar-refractivity contribution in [1.29, 1.82) is 0 Å². The van der Waals surface area contributed by atoms with Crippen LogP contribution in [-0.2, 0) is 45.5 Å². The number of hydrogen-bond acceptors (Lipinski definition) is 6. The molecule has 8 bridgehead atoms. The van der Waals surface area contributed by atoms with Crippen molar-refractivity contribution in [3.05, 3.63) is 95.5 Å². The average Bonchev–Trinajstić information content (AvgIpc) is 3.64. The molecule has 1 aromatic rings. The summed E-state index contributed by atoms with van der Waals surface area (Å²) < 4.78 is 41.4. The van der Waals surface area contributed by atoms with Crippen LogP contribution in [0.1, 0.15) is 81.1 Å². The SMILES string of the molecule is CC12CC3(C)OC(C)(CC(C)(O1)C3(CP)C1=CC(=C3C=CC=C[CH-]3)C=C1C1(CP)C3(C)CC4(C)OC(C)(CC1(C)O4)O3)O2.[Fe+2].c1cc[cH-]c1. The Morgan fingerprint density at radius 2 is 0.980 bits per heavy atom. The Balaban J connectivity index is 0.000000581. The fraction of sp³-hybridized carbons (Fsp3) is 0.600. The third kappa shape index (κ3) is 4.73. The van der Waals surface area contributed by atoms with E-state index in [2.05, 4.69) is 117 Å². The molecule has 10 aliphatic rings. The van der Waals surface area contributed by atoms with Crippen LogP contribution in [0.4, 0.5) is 0 Å². The monoisotopic (exact) mass is 746 g/mol. The summed E-state index contributed by atoms with van der Waals surface area (Å²) in [5, 5.41) is 0. The predicted molar refractivity (Wildman–Crippen MR) is 194 cm³/mol. The topological polar surface area (TPSA) is 55.4 Å². The zero-order valence-corrected chi connectivity index (χ0v) is 33.5. The van der Waals surface area contributed by atoms with Crippen LogP contribution >= 0.6 is 18.5 Å². The van der Waals surface area contributed by atoms with E-state index in [0.717, 1.165) is 12.3 Å². The molecular weight excluding hydrogens is 694 g/mol. The van der Waals surface area contributed by atoms with Gasteiger partial charge in [-0.05, 0) is 78.9 Å². The average molecular weight is 747 g/mol. The summed E-state index contributed by atoms with van der Waals surface area (Å²) >= 11 is 0. The smallest absolute Gasteiger partial charge is 0.343 e. The molecule has 266 valence electrons. The standard InChI is InChI=1S/C35H47O6P2.C5H5.Fe/c1-26-16-30(5)37-27(2,17-31(6,36-26)40-30)34(26,20-42)24-14-23(22-12-10-9-11-13-22)15-25(24)35(21-43)28(3)18-32(7)39-29(35,4)19-33(8,38-28)41-32;1-2-4-5-3-1;/h9-15H,16-21,42-43H2,1-8H3;1-5H;/q2*-1;+2. The van der Waals surface area contributed by atoms with Gasteiger partial charge < -0.3 is 28.4 Å². The zero-order valence-electron chi connectivity index (χ0n) is 30.1. The fourth-order valence-corrected chi connectivity index (χ4v) is 14.6. The van der Waals surface area contributed by atoms with Crippen molar-refractivity contribution in [3.63, 3.8) is 0 Å². The van der Waals surface area contributed by atoms with Gasteiger partial charge in [-0.25, -0.2) is 12.1 Å². The van der Waals surface area contributed by atoms with E-state index in [0.29, 0.717) is 25.7 Å². The van der Waals surface area contributed by atoms with Gasteiger partial charge in [0, 0.05) is 25.7 Å². The van der Waals surface area contributed by atoms with Crippen LogP contribution in [0.5, 0.6) is 0 Å². The molecule has 0 N–H and O–H groups in total. The molecule has 10 atom stereocenters. The first kappa shape index (κ1) is 36.4. The number of ether oxygens (including phenoxy) is 6. The second-order valence-electron chi connectivity index (χ2n) is 16.9. The van der Waals surface area contributed by atoms with Crippen LogP contribution in [0, 0.1) is 17.3 Å². The Kier molecular flexibility index (Phi) is 8.21. The minimum atomic E-state index is -0.710. The van der Waals surface area contributed by atoms with Gasteiger partial charge in [0.05, 0.1) is 33.2 Å². The number of allylic oxidation sites excluding steroid dienone is 8. The van der Waals surface area contributed by atoms with E-state index >= 15 is 0 Å².